The third-order valence-electron chi connectivity index (χ3n) is 3.49. The largest absolute Gasteiger partial charge is 0.416 e. The molecule has 0 aliphatic heterocycles. The van der Waals surface area contributed by atoms with Gasteiger partial charge in [0.1, 0.15) is 0 Å². The molecule has 5 nitrogen and oxygen atoms in total. The van der Waals surface area contributed by atoms with E-state index in [1.54, 1.807) is 6.07 Å². The molecule has 124 valence electrons. The third kappa shape index (κ3) is 3.21. The van der Waals surface area contributed by atoms with E-state index >= 15 is 0 Å². The van der Waals surface area contributed by atoms with Crippen LogP contribution in [-0.2, 0) is 19.1 Å². The van der Waals surface area contributed by atoms with Crippen molar-refractivity contribution in [1.29, 1.82) is 0 Å². The summed E-state index contributed by atoms with van der Waals surface area (Å²) in [4.78, 5) is 23.1. The number of alkyl halides is 3. The van der Waals surface area contributed by atoms with Gasteiger partial charge < -0.3 is 4.98 Å². The summed E-state index contributed by atoms with van der Waals surface area (Å²) in [6, 6.07) is 4.99. The number of aromatic amines is 1. The number of fused-ring (bicyclic) bond motifs is 1. The Kier molecular flexibility index (Phi) is 4.18. The molecule has 2 aromatic heterocycles. The molecule has 0 aliphatic carbocycles. The molecule has 0 radical (unpaired) electrons. The van der Waals surface area contributed by atoms with Crippen molar-refractivity contribution in [3.63, 3.8) is 0 Å². The van der Waals surface area contributed by atoms with Gasteiger partial charge in [-0.15, -0.1) is 0 Å². The molecule has 0 saturated heterocycles. The molecule has 9 heteroatoms. The van der Waals surface area contributed by atoms with Crippen LogP contribution >= 0.6 is 12.2 Å². The molecule has 0 atom stereocenters. The summed E-state index contributed by atoms with van der Waals surface area (Å²) < 4.78 is 39.6. The summed E-state index contributed by atoms with van der Waals surface area (Å²) in [5.74, 6) is 0. The first-order valence-electron chi connectivity index (χ1n) is 6.96. The fraction of sp³-hybridized carbons (Fsp3) is 0.200. The van der Waals surface area contributed by atoms with Gasteiger partial charge in [0.25, 0.3) is 5.56 Å². The maximum atomic E-state index is 12.7. The molecule has 2 heterocycles. The van der Waals surface area contributed by atoms with Gasteiger partial charge in [0.05, 0.1) is 5.56 Å². The van der Waals surface area contributed by atoms with Crippen LogP contribution in [0.1, 0.15) is 11.1 Å². The van der Waals surface area contributed by atoms with Crippen molar-refractivity contribution in [2.75, 3.05) is 0 Å². The van der Waals surface area contributed by atoms with Gasteiger partial charge in [-0.3, -0.25) is 9.36 Å². The van der Waals surface area contributed by atoms with Gasteiger partial charge in [-0.1, -0.05) is 18.2 Å². The number of hydrogen-bond donors (Lipinski definition) is 1. The zero-order valence-electron chi connectivity index (χ0n) is 12.2. The van der Waals surface area contributed by atoms with Crippen LogP contribution < -0.4 is 5.56 Å². The highest BCUT2D eigenvalue weighted by molar-refractivity contribution is 7.71. The number of halogens is 3. The number of H-pyrrole nitrogens is 1. The Morgan fingerprint density at radius 1 is 1.21 bits per heavy atom. The molecular weight excluding hydrogens is 341 g/mol. The Balaban J connectivity index is 1.92. The van der Waals surface area contributed by atoms with Gasteiger partial charge in [-0.25, -0.2) is 9.97 Å². The van der Waals surface area contributed by atoms with E-state index in [1.807, 2.05) is 0 Å². The molecule has 1 N–H and O–H groups in total. The molecule has 0 spiro atoms. The summed E-state index contributed by atoms with van der Waals surface area (Å²) in [5.41, 5.74) is -0.265. The van der Waals surface area contributed by atoms with Crippen LogP contribution in [0, 0.1) is 4.77 Å². The van der Waals surface area contributed by atoms with E-state index in [9.17, 15) is 18.0 Å². The topological polar surface area (TPSA) is 63.6 Å². The Bertz CT molecular complexity index is 1010. The van der Waals surface area contributed by atoms with E-state index in [0.29, 0.717) is 5.56 Å². The van der Waals surface area contributed by atoms with Crippen molar-refractivity contribution >= 4 is 23.4 Å². The van der Waals surface area contributed by atoms with E-state index in [0.717, 1.165) is 12.1 Å². The lowest BCUT2D eigenvalue weighted by Crippen LogP contribution is -2.24. The number of aromatic nitrogens is 4. The third-order valence-corrected chi connectivity index (χ3v) is 3.82. The van der Waals surface area contributed by atoms with Gasteiger partial charge in [0, 0.05) is 18.9 Å². The smallest absolute Gasteiger partial charge is 0.315 e. The normalized spacial score (nSPS) is 11.8. The molecule has 0 aliphatic rings. The highest BCUT2D eigenvalue weighted by atomic mass is 32.1. The fourth-order valence-electron chi connectivity index (χ4n) is 2.32. The van der Waals surface area contributed by atoms with Gasteiger partial charge in [-0.05, 0) is 30.3 Å². The molecule has 24 heavy (non-hydrogen) atoms. The number of rotatable bonds is 3. The summed E-state index contributed by atoms with van der Waals surface area (Å²) in [7, 11) is 0. The summed E-state index contributed by atoms with van der Waals surface area (Å²) in [6.07, 6.45) is -1.35. The molecule has 3 rings (SSSR count). The number of nitrogens with zero attached hydrogens (tertiary/aromatic N) is 3. The molecular formula is C15H11F3N4OS. The monoisotopic (exact) mass is 352 g/mol. The standard InChI is InChI=1S/C15H11F3N4OS/c16-15(17,18)10-3-1-2-9(8-10)4-7-22-13(23)11-12(21-14(22)24)20-6-5-19-11/h1-3,5-6,8H,4,7H2,(H,20,21,24). The van der Waals surface area contributed by atoms with Crippen LogP contribution in [0.5, 0.6) is 0 Å². The van der Waals surface area contributed by atoms with Gasteiger partial charge >= 0.3 is 6.18 Å². The van der Waals surface area contributed by atoms with Crippen molar-refractivity contribution < 1.29 is 13.2 Å². The van der Waals surface area contributed by atoms with Crippen LogP contribution in [-0.4, -0.2) is 19.5 Å². The van der Waals surface area contributed by atoms with Crippen molar-refractivity contribution in [1.82, 2.24) is 19.5 Å². The van der Waals surface area contributed by atoms with Gasteiger partial charge in [0.15, 0.2) is 15.9 Å². The van der Waals surface area contributed by atoms with Crippen LogP contribution in [0.4, 0.5) is 13.2 Å². The second kappa shape index (κ2) is 6.16. The minimum Gasteiger partial charge on any atom is -0.315 e. The predicted octanol–water partition coefficient (Wildman–Crippen LogP) is 3.11. The Morgan fingerprint density at radius 2 is 1.96 bits per heavy atom. The van der Waals surface area contributed by atoms with Crippen molar-refractivity contribution in [3.8, 4) is 0 Å². The second-order valence-corrected chi connectivity index (χ2v) is 5.48. The van der Waals surface area contributed by atoms with Crippen molar-refractivity contribution in [2.45, 2.75) is 19.1 Å². The SMILES string of the molecule is O=c1c2nccnc2[nH]c(=S)n1CCc1cccc(C(F)(F)F)c1. The average Bonchev–Trinajstić information content (AvgIpc) is 2.54. The highest BCUT2D eigenvalue weighted by Gasteiger charge is 2.30. The lowest BCUT2D eigenvalue weighted by atomic mass is 10.1. The van der Waals surface area contributed by atoms with Gasteiger partial charge in [-0.2, -0.15) is 13.2 Å². The average molecular weight is 352 g/mol. The lowest BCUT2D eigenvalue weighted by molar-refractivity contribution is -0.137. The van der Waals surface area contributed by atoms with Gasteiger partial charge in [0.2, 0.25) is 0 Å². The summed E-state index contributed by atoms with van der Waals surface area (Å²) in [6.45, 7) is 0.141. The van der Waals surface area contributed by atoms with Crippen LogP contribution in [0.25, 0.3) is 11.2 Å². The summed E-state index contributed by atoms with van der Waals surface area (Å²) in [5, 5.41) is 0. The quantitative estimate of drug-likeness (QED) is 0.736. The first kappa shape index (κ1) is 16.3. The number of nitrogens with one attached hydrogen (secondary N) is 1. The van der Waals surface area contributed by atoms with Crippen LogP contribution in [0.15, 0.2) is 41.5 Å². The molecule has 0 amide bonds. The first-order chi connectivity index (χ1) is 11.4. The van der Waals surface area contributed by atoms with Crippen LogP contribution in [0.2, 0.25) is 0 Å². The number of benzene rings is 1. The maximum absolute atomic E-state index is 12.7. The second-order valence-electron chi connectivity index (χ2n) is 5.09. The Morgan fingerprint density at radius 3 is 2.71 bits per heavy atom. The van der Waals surface area contributed by atoms with Crippen LogP contribution in [0.3, 0.4) is 0 Å². The Labute approximate surface area is 138 Å². The Hall–Kier alpha value is -2.55. The highest BCUT2D eigenvalue weighted by Crippen LogP contribution is 2.29. The zero-order valence-corrected chi connectivity index (χ0v) is 13.0. The zero-order chi connectivity index (χ0) is 17.3. The van der Waals surface area contributed by atoms with E-state index in [4.69, 9.17) is 12.2 Å². The molecule has 3 aromatic rings. The fourth-order valence-corrected chi connectivity index (χ4v) is 2.59. The maximum Gasteiger partial charge on any atom is 0.416 e. The van der Waals surface area contributed by atoms with E-state index in [-0.39, 0.29) is 28.9 Å². The number of hydrogen-bond acceptors (Lipinski definition) is 4. The van der Waals surface area contributed by atoms with Crippen molar-refractivity contribution in [2.24, 2.45) is 0 Å². The predicted molar refractivity (Wildman–Crippen MR) is 84.1 cm³/mol. The minimum atomic E-state index is -4.40. The van der Waals surface area contributed by atoms with Crippen molar-refractivity contribution in [3.05, 3.63) is 62.9 Å². The lowest BCUT2D eigenvalue weighted by Gasteiger charge is -2.10. The molecule has 0 fully saturated rings. The van der Waals surface area contributed by atoms with E-state index in [2.05, 4.69) is 15.0 Å². The van der Waals surface area contributed by atoms with E-state index in [1.165, 1.54) is 23.0 Å². The molecule has 0 saturated carbocycles. The van der Waals surface area contributed by atoms with E-state index < -0.39 is 17.3 Å². The first-order valence-corrected chi connectivity index (χ1v) is 7.37. The molecule has 1 aromatic carbocycles. The minimum absolute atomic E-state index is 0.134. The molecule has 0 unspecified atom stereocenters. The molecule has 0 bridgehead atoms. The summed E-state index contributed by atoms with van der Waals surface area (Å²) >= 11 is 5.13. The number of aryl methyl sites for hydroxylation is 1.